The normalized spacial score (nSPS) is 21.1. The van der Waals surface area contributed by atoms with Crippen LogP contribution in [0.15, 0.2) is 18.2 Å². The summed E-state index contributed by atoms with van der Waals surface area (Å²) >= 11 is 0. The number of rotatable bonds is 6. The van der Waals surface area contributed by atoms with E-state index < -0.39 is 0 Å². The molecule has 0 bridgehead atoms. The number of carbonyl (C=O) groups excluding carboxylic acids is 1. The van der Waals surface area contributed by atoms with Crippen LogP contribution in [0, 0.1) is 11.8 Å². The highest BCUT2D eigenvalue weighted by molar-refractivity contribution is 5.99. The molecular weight excluding hydrogens is 270 g/mol. The van der Waals surface area contributed by atoms with Gasteiger partial charge in [-0.3, -0.25) is 4.79 Å². The molecule has 21 heavy (non-hydrogen) atoms. The average Bonchev–Trinajstić information content (AvgIpc) is 2.99. The molecule has 0 aliphatic heterocycles. The number of methoxy groups -OCH3 is 2. The van der Waals surface area contributed by atoms with Crippen molar-refractivity contribution in [2.24, 2.45) is 11.8 Å². The van der Waals surface area contributed by atoms with Gasteiger partial charge in [-0.05, 0) is 36.8 Å². The predicted molar refractivity (Wildman–Crippen MR) is 79.8 cm³/mol. The van der Waals surface area contributed by atoms with Gasteiger partial charge in [0, 0.05) is 13.2 Å². The maximum Gasteiger partial charge on any atom is 0.258 e. The molecule has 2 atom stereocenters. The Bertz CT molecular complexity index is 467. The molecule has 5 heteroatoms. The minimum atomic E-state index is -0.201. The number of amides is 1. The Balaban J connectivity index is 2.06. The summed E-state index contributed by atoms with van der Waals surface area (Å²) < 4.78 is 10.5. The lowest BCUT2D eigenvalue weighted by Gasteiger charge is -2.19. The van der Waals surface area contributed by atoms with E-state index in [1.807, 2.05) is 0 Å². The fraction of sp³-hybridized carbons (Fsp3) is 0.562. The van der Waals surface area contributed by atoms with Crippen LogP contribution in [0.1, 0.15) is 29.6 Å². The summed E-state index contributed by atoms with van der Waals surface area (Å²) in [4.78, 5) is 12.4. The Kier molecular flexibility index (Phi) is 5.44. The van der Waals surface area contributed by atoms with Crippen molar-refractivity contribution in [2.45, 2.75) is 19.3 Å². The molecule has 2 N–H and O–H groups in total. The number of benzene rings is 1. The lowest BCUT2D eigenvalue weighted by atomic mass is 9.97. The van der Waals surface area contributed by atoms with Crippen LogP contribution in [0.3, 0.4) is 0 Å². The summed E-state index contributed by atoms with van der Waals surface area (Å²) in [7, 11) is 3.06. The summed E-state index contributed by atoms with van der Waals surface area (Å²) in [5.74, 6) is 1.44. The Morgan fingerprint density at radius 2 is 1.86 bits per heavy atom. The first-order valence-corrected chi connectivity index (χ1v) is 7.31. The largest absolute Gasteiger partial charge is 0.496 e. The second-order valence-corrected chi connectivity index (χ2v) is 5.38. The minimum absolute atomic E-state index is 0.193. The van der Waals surface area contributed by atoms with Gasteiger partial charge in [0.1, 0.15) is 17.1 Å². The van der Waals surface area contributed by atoms with Crippen molar-refractivity contribution in [1.82, 2.24) is 5.32 Å². The molecule has 1 amide bonds. The van der Waals surface area contributed by atoms with E-state index in [1.54, 1.807) is 18.2 Å². The number of nitrogens with one attached hydrogen (secondary N) is 1. The maximum absolute atomic E-state index is 12.4. The number of ether oxygens (including phenoxy) is 2. The highest BCUT2D eigenvalue weighted by Crippen LogP contribution is 2.31. The third kappa shape index (κ3) is 3.47. The van der Waals surface area contributed by atoms with E-state index in [0.29, 0.717) is 35.4 Å². The van der Waals surface area contributed by atoms with E-state index in [-0.39, 0.29) is 12.5 Å². The lowest BCUT2D eigenvalue weighted by Crippen LogP contribution is -2.32. The summed E-state index contributed by atoms with van der Waals surface area (Å²) in [6, 6.07) is 5.26. The van der Waals surface area contributed by atoms with Crippen LogP contribution < -0.4 is 14.8 Å². The van der Waals surface area contributed by atoms with Gasteiger partial charge in [0.15, 0.2) is 0 Å². The first-order valence-electron chi connectivity index (χ1n) is 7.31. The third-order valence-electron chi connectivity index (χ3n) is 4.23. The van der Waals surface area contributed by atoms with Crippen molar-refractivity contribution in [1.29, 1.82) is 0 Å². The quantitative estimate of drug-likeness (QED) is 0.840. The average molecular weight is 293 g/mol. The number of aliphatic hydroxyl groups is 1. The zero-order chi connectivity index (χ0) is 15.2. The first-order chi connectivity index (χ1) is 10.2. The van der Waals surface area contributed by atoms with Crippen LogP contribution in [-0.2, 0) is 0 Å². The van der Waals surface area contributed by atoms with Crippen molar-refractivity contribution >= 4 is 5.91 Å². The van der Waals surface area contributed by atoms with Crippen LogP contribution in [0.5, 0.6) is 11.5 Å². The van der Waals surface area contributed by atoms with Crippen LogP contribution in [-0.4, -0.2) is 38.4 Å². The van der Waals surface area contributed by atoms with Crippen LogP contribution in [0.25, 0.3) is 0 Å². The van der Waals surface area contributed by atoms with E-state index in [1.165, 1.54) is 14.2 Å². The molecule has 1 aromatic rings. The Hall–Kier alpha value is -1.75. The summed E-state index contributed by atoms with van der Waals surface area (Å²) in [5.41, 5.74) is 0.418. The van der Waals surface area contributed by atoms with Gasteiger partial charge in [0.2, 0.25) is 0 Å². The topological polar surface area (TPSA) is 67.8 Å². The molecule has 1 fully saturated rings. The number of hydrogen-bond acceptors (Lipinski definition) is 4. The van der Waals surface area contributed by atoms with Gasteiger partial charge in [-0.15, -0.1) is 0 Å². The van der Waals surface area contributed by atoms with Gasteiger partial charge in [-0.25, -0.2) is 0 Å². The molecule has 0 aromatic heterocycles. The second kappa shape index (κ2) is 7.31. The molecule has 1 saturated carbocycles. The molecule has 0 saturated heterocycles. The highest BCUT2D eigenvalue weighted by Gasteiger charge is 2.27. The van der Waals surface area contributed by atoms with Crippen molar-refractivity contribution in [3.05, 3.63) is 23.8 Å². The van der Waals surface area contributed by atoms with Gasteiger partial charge < -0.3 is 19.9 Å². The Labute approximate surface area is 125 Å². The summed E-state index contributed by atoms with van der Waals surface area (Å²) in [5, 5.41) is 12.3. The molecule has 0 radical (unpaired) electrons. The van der Waals surface area contributed by atoms with Crippen LogP contribution in [0.4, 0.5) is 0 Å². The van der Waals surface area contributed by atoms with E-state index in [9.17, 15) is 9.90 Å². The molecule has 116 valence electrons. The Morgan fingerprint density at radius 1 is 1.24 bits per heavy atom. The monoisotopic (exact) mass is 293 g/mol. The van der Waals surface area contributed by atoms with Crippen molar-refractivity contribution in [3.63, 3.8) is 0 Å². The molecular formula is C16H23NO4. The Morgan fingerprint density at radius 3 is 2.43 bits per heavy atom. The molecule has 2 unspecified atom stereocenters. The SMILES string of the molecule is COc1cccc(OC)c1C(=O)NCC1CCCC1CO. The van der Waals surface area contributed by atoms with Gasteiger partial charge in [0.05, 0.1) is 14.2 Å². The molecule has 5 nitrogen and oxygen atoms in total. The third-order valence-corrected chi connectivity index (χ3v) is 4.23. The van der Waals surface area contributed by atoms with E-state index in [0.717, 1.165) is 19.3 Å². The van der Waals surface area contributed by atoms with Crippen molar-refractivity contribution in [3.8, 4) is 11.5 Å². The molecule has 1 aromatic carbocycles. The molecule has 2 rings (SSSR count). The second-order valence-electron chi connectivity index (χ2n) is 5.38. The van der Waals surface area contributed by atoms with Gasteiger partial charge in [-0.1, -0.05) is 12.5 Å². The molecule has 0 heterocycles. The first kappa shape index (κ1) is 15.6. The number of carbonyl (C=O) groups is 1. The standard InChI is InChI=1S/C16H23NO4/c1-20-13-7-4-8-14(21-2)15(13)16(19)17-9-11-5-3-6-12(11)10-18/h4,7-8,11-12,18H,3,5-6,9-10H2,1-2H3,(H,17,19). The minimum Gasteiger partial charge on any atom is -0.496 e. The number of aliphatic hydroxyl groups excluding tert-OH is 1. The fourth-order valence-electron chi connectivity index (χ4n) is 3.01. The molecule has 1 aliphatic carbocycles. The molecule has 0 spiro atoms. The van der Waals surface area contributed by atoms with E-state index >= 15 is 0 Å². The predicted octanol–water partition coefficient (Wildman–Crippen LogP) is 1.84. The summed E-state index contributed by atoms with van der Waals surface area (Å²) in [6.07, 6.45) is 3.20. The van der Waals surface area contributed by atoms with Crippen molar-refractivity contribution in [2.75, 3.05) is 27.4 Å². The van der Waals surface area contributed by atoms with E-state index in [4.69, 9.17) is 9.47 Å². The number of hydrogen-bond donors (Lipinski definition) is 2. The van der Waals surface area contributed by atoms with E-state index in [2.05, 4.69) is 5.32 Å². The molecule has 1 aliphatic rings. The van der Waals surface area contributed by atoms with Gasteiger partial charge in [-0.2, -0.15) is 0 Å². The van der Waals surface area contributed by atoms with Crippen molar-refractivity contribution < 1.29 is 19.4 Å². The zero-order valence-corrected chi connectivity index (χ0v) is 12.6. The smallest absolute Gasteiger partial charge is 0.258 e. The van der Waals surface area contributed by atoms with Gasteiger partial charge in [0.25, 0.3) is 5.91 Å². The maximum atomic E-state index is 12.4. The zero-order valence-electron chi connectivity index (χ0n) is 12.6. The van der Waals surface area contributed by atoms with Crippen LogP contribution in [0.2, 0.25) is 0 Å². The fourth-order valence-corrected chi connectivity index (χ4v) is 3.01. The lowest BCUT2D eigenvalue weighted by molar-refractivity contribution is 0.0931. The van der Waals surface area contributed by atoms with Gasteiger partial charge >= 0.3 is 0 Å². The summed E-state index contributed by atoms with van der Waals surface area (Å²) in [6.45, 7) is 0.768. The highest BCUT2D eigenvalue weighted by atomic mass is 16.5. The van der Waals surface area contributed by atoms with Crippen LogP contribution >= 0.6 is 0 Å².